The highest BCUT2D eigenvalue weighted by atomic mass is 79.9. The van der Waals surface area contributed by atoms with Gasteiger partial charge in [-0.1, -0.05) is 18.5 Å². The van der Waals surface area contributed by atoms with Gasteiger partial charge in [0.2, 0.25) is 11.7 Å². The quantitative estimate of drug-likeness (QED) is 0.916. The molecule has 0 amide bonds. The molecule has 1 saturated heterocycles. The molecule has 5 nitrogen and oxygen atoms in total. The number of rotatable bonds is 4. The fourth-order valence-corrected chi connectivity index (χ4v) is 3.47. The average molecular weight is 351 g/mol. The van der Waals surface area contributed by atoms with Crippen LogP contribution in [0.3, 0.4) is 0 Å². The molecule has 2 aromatic rings. The van der Waals surface area contributed by atoms with Gasteiger partial charge in [0.15, 0.2) is 0 Å². The summed E-state index contributed by atoms with van der Waals surface area (Å²) in [5.74, 6) is 1.32. The van der Waals surface area contributed by atoms with Gasteiger partial charge in [-0.05, 0) is 60.4 Å². The van der Waals surface area contributed by atoms with E-state index in [1.54, 1.807) is 6.20 Å². The summed E-state index contributed by atoms with van der Waals surface area (Å²) in [4.78, 5) is 8.99. The van der Waals surface area contributed by atoms with Crippen LogP contribution in [0.15, 0.2) is 27.3 Å². The van der Waals surface area contributed by atoms with Gasteiger partial charge in [-0.25, -0.2) is 0 Å². The van der Waals surface area contributed by atoms with E-state index in [0.29, 0.717) is 5.82 Å². The van der Waals surface area contributed by atoms with E-state index in [0.717, 1.165) is 54.8 Å². The maximum absolute atomic E-state index is 5.62. The summed E-state index contributed by atoms with van der Waals surface area (Å²) in [7, 11) is 0. The van der Waals surface area contributed by atoms with Crippen molar-refractivity contribution in [2.45, 2.75) is 38.0 Å². The summed E-state index contributed by atoms with van der Waals surface area (Å²) >= 11 is 3.49. The summed E-state index contributed by atoms with van der Waals surface area (Å²) < 4.78 is 6.50. The van der Waals surface area contributed by atoms with E-state index >= 15 is 0 Å². The second-order valence-corrected chi connectivity index (χ2v) is 6.39. The minimum atomic E-state index is 0.0203. The van der Waals surface area contributed by atoms with Gasteiger partial charge in [-0.3, -0.25) is 4.98 Å². The Morgan fingerprint density at radius 2 is 2.19 bits per heavy atom. The second-order valence-electron chi connectivity index (χ2n) is 5.54. The third-order valence-corrected chi connectivity index (χ3v) is 4.78. The van der Waals surface area contributed by atoms with Crippen LogP contribution in [0.5, 0.6) is 0 Å². The number of pyridine rings is 1. The number of halogens is 1. The average Bonchev–Trinajstić information content (AvgIpc) is 2.99. The van der Waals surface area contributed by atoms with E-state index in [9.17, 15) is 0 Å². The van der Waals surface area contributed by atoms with Crippen LogP contribution < -0.4 is 5.32 Å². The standard InChI is InChI=1S/C15H19BrN4O/c1-2-5-15(6-9-17-10-7-15)14-19-13(20-21-14)12-11(16)4-3-8-18-12/h3-4,8,17H,2,5-7,9-10H2,1H3. The topological polar surface area (TPSA) is 63.8 Å². The Bertz CT molecular complexity index is 602. The lowest BCUT2D eigenvalue weighted by atomic mass is 9.75. The first kappa shape index (κ1) is 14.7. The van der Waals surface area contributed by atoms with Crippen LogP contribution in [0.4, 0.5) is 0 Å². The SMILES string of the molecule is CCCC1(c2nc(-c3ncccc3Br)no2)CCNCC1. The van der Waals surface area contributed by atoms with E-state index in [2.05, 4.69) is 43.3 Å². The Morgan fingerprint density at radius 1 is 1.38 bits per heavy atom. The number of hydrogen-bond acceptors (Lipinski definition) is 5. The first-order chi connectivity index (χ1) is 10.2. The maximum Gasteiger partial charge on any atom is 0.233 e. The van der Waals surface area contributed by atoms with E-state index in [4.69, 9.17) is 4.52 Å². The molecule has 0 spiro atoms. The lowest BCUT2D eigenvalue weighted by Crippen LogP contribution is -2.40. The molecule has 3 heterocycles. The zero-order valence-corrected chi connectivity index (χ0v) is 13.7. The molecule has 1 aliphatic heterocycles. The number of piperidine rings is 1. The molecule has 112 valence electrons. The molecule has 0 unspecified atom stereocenters. The zero-order chi connectivity index (χ0) is 14.7. The van der Waals surface area contributed by atoms with Gasteiger partial charge < -0.3 is 9.84 Å². The lowest BCUT2D eigenvalue weighted by molar-refractivity contribution is 0.208. The Balaban J connectivity index is 1.94. The van der Waals surface area contributed by atoms with Gasteiger partial charge in [0.25, 0.3) is 0 Å². The summed E-state index contributed by atoms with van der Waals surface area (Å²) in [6.45, 7) is 4.21. The molecule has 21 heavy (non-hydrogen) atoms. The highest BCUT2D eigenvalue weighted by Gasteiger charge is 2.38. The van der Waals surface area contributed by atoms with Crippen molar-refractivity contribution in [1.29, 1.82) is 0 Å². The van der Waals surface area contributed by atoms with Crippen LogP contribution in [0.1, 0.15) is 38.5 Å². The van der Waals surface area contributed by atoms with E-state index in [1.165, 1.54) is 0 Å². The van der Waals surface area contributed by atoms with Gasteiger partial charge in [0.05, 0.1) is 5.41 Å². The molecule has 6 heteroatoms. The molecular formula is C15H19BrN4O. The number of nitrogens with zero attached hydrogens (tertiary/aromatic N) is 3. The van der Waals surface area contributed by atoms with Crippen molar-refractivity contribution in [2.24, 2.45) is 0 Å². The van der Waals surface area contributed by atoms with Crippen molar-refractivity contribution in [2.75, 3.05) is 13.1 Å². The van der Waals surface area contributed by atoms with Gasteiger partial charge in [-0.2, -0.15) is 4.98 Å². The molecule has 1 aliphatic rings. The Hall–Kier alpha value is -1.27. The molecule has 3 rings (SSSR count). The van der Waals surface area contributed by atoms with E-state index < -0.39 is 0 Å². The molecule has 0 bridgehead atoms. The fraction of sp³-hybridized carbons (Fsp3) is 0.533. The van der Waals surface area contributed by atoms with Gasteiger partial charge in [0.1, 0.15) is 5.69 Å². The Morgan fingerprint density at radius 3 is 2.90 bits per heavy atom. The first-order valence-electron chi connectivity index (χ1n) is 7.41. The highest BCUT2D eigenvalue weighted by Crippen LogP contribution is 2.38. The Labute approximate surface area is 132 Å². The molecule has 0 aromatic carbocycles. The van der Waals surface area contributed by atoms with Crippen molar-refractivity contribution >= 4 is 15.9 Å². The third kappa shape index (κ3) is 2.87. The van der Waals surface area contributed by atoms with Crippen LogP contribution in [0, 0.1) is 0 Å². The van der Waals surface area contributed by atoms with Crippen LogP contribution in [0.25, 0.3) is 11.5 Å². The van der Waals surface area contributed by atoms with Crippen molar-refractivity contribution < 1.29 is 4.52 Å². The molecular weight excluding hydrogens is 332 g/mol. The van der Waals surface area contributed by atoms with Gasteiger partial charge >= 0.3 is 0 Å². The largest absolute Gasteiger partial charge is 0.338 e. The molecule has 0 atom stereocenters. The smallest absolute Gasteiger partial charge is 0.233 e. The highest BCUT2D eigenvalue weighted by molar-refractivity contribution is 9.10. The fourth-order valence-electron chi connectivity index (χ4n) is 3.04. The van der Waals surface area contributed by atoms with E-state index in [-0.39, 0.29) is 5.41 Å². The normalized spacial score (nSPS) is 17.8. The first-order valence-corrected chi connectivity index (χ1v) is 8.20. The molecule has 2 aromatic heterocycles. The van der Waals surface area contributed by atoms with Crippen molar-refractivity contribution in [3.8, 4) is 11.5 Å². The zero-order valence-electron chi connectivity index (χ0n) is 12.1. The second kappa shape index (κ2) is 6.23. The number of nitrogens with one attached hydrogen (secondary N) is 1. The molecule has 1 fully saturated rings. The lowest BCUT2D eigenvalue weighted by Gasteiger charge is -2.34. The van der Waals surface area contributed by atoms with Crippen LogP contribution in [0.2, 0.25) is 0 Å². The number of aromatic nitrogens is 3. The predicted molar refractivity (Wildman–Crippen MR) is 83.9 cm³/mol. The molecule has 0 saturated carbocycles. The van der Waals surface area contributed by atoms with Gasteiger partial charge in [-0.15, -0.1) is 0 Å². The van der Waals surface area contributed by atoms with Crippen LogP contribution >= 0.6 is 15.9 Å². The minimum Gasteiger partial charge on any atom is -0.338 e. The third-order valence-electron chi connectivity index (χ3n) is 4.14. The Kier molecular flexibility index (Phi) is 4.35. The summed E-state index contributed by atoms with van der Waals surface area (Å²) in [5.41, 5.74) is 0.750. The monoisotopic (exact) mass is 350 g/mol. The van der Waals surface area contributed by atoms with E-state index in [1.807, 2.05) is 12.1 Å². The van der Waals surface area contributed by atoms with Crippen molar-refractivity contribution in [3.05, 3.63) is 28.7 Å². The summed E-state index contributed by atoms with van der Waals surface area (Å²) in [6.07, 6.45) is 6.03. The van der Waals surface area contributed by atoms with Crippen LogP contribution in [-0.4, -0.2) is 28.2 Å². The summed E-state index contributed by atoms with van der Waals surface area (Å²) in [5, 5.41) is 7.56. The minimum absolute atomic E-state index is 0.0203. The van der Waals surface area contributed by atoms with Crippen molar-refractivity contribution in [3.63, 3.8) is 0 Å². The maximum atomic E-state index is 5.62. The molecule has 0 aliphatic carbocycles. The van der Waals surface area contributed by atoms with Crippen LogP contribution in [-0.2, 0) is 5.41 Å². The molecule has 1 N–H and O–H groups in total. The molecule has 0 radical (unpaired) electrons. The predicted octanol–water partition coefficient (Wildman–Crippen LogP) is 3.32. The van der Waals surface area contributed by atoms with Crippen molar-refractivity contribution in [1.82, 2.24) is 20.4 Å². The number of hydrogen-bond donors (Lipinski definition) is 1. The summed E-state index contributed by atoms with van der Waals surface area (Å²) in [6, 6.07) is 3.81. The van der Waals surface area contributed by atoms with Gasteiger partial charge in [0, 0.05) is 10.7 Å².